The molecule has 5 heteroatoms. The molecule has 3 rings (SSSR count). The van der Waals surface area contributed by atoms with Crippen molar-refractivity contribution in [3.63, 3.8) is 0 Å². The van der Waals surface area contributed by atoms with Gasteiger partial charge in [-0.2, -0.15) is 0 Å². The summed E-state index contributed by atoms with van der Waals surface area (Å²) in [6.07, 6.45) is -1.15. The summed E-state index contributed by atoms with van der Waals surface area (Å²) in [5, 5.41) is 10.2. The van der Waals surface area contributed by atoms with Gasteiger partial charge in [-0.1, -0.05) is 0 Å². The lowest BCUT2D eigenvalue weighted by Crippen LogP contribution is -2.17. The Kier molecular flexibility index (Phi) is 3.37. The predicted molar refractivity (Wildman–Crippen MR) is 80.8 cm³/mol. The zero-order valence-corrected chi connectivity index (χ0v) is 12.9. The van der Waals surface area contributed by atoms with E-state index in [0.717, 1.165) is 16.7 Å². The standard InChI is InChI=1S/C17H17NO4/c1-8-5-12-14(6-9(8)2)22-17(20)13-7-11(16(19)21-4)10(3)18-15(12)13/h5-7,17,20H,1-4H3/t17-/m0/s1. The van der Waals surface area contributed by atoms with Gasteiger partial charge < -0.3 is 14.6 Å². The van der Waals surface area contributed by atoms with Crippen molar-refractivity contribution in [1.82, 2.24) is 4.98 Å². The highest BCUT2D eigenvalue weighted by Crippen LogP contribution is 2.42. The fraction of sp³-hybridized carbons (Fsp3) is 0.294. The summed E-state index contributed by atoms with van der Waals surface area (Å²) >= 11 is 0. The SMILES string of the molecule is COC(=O)c1cc2c(nc1C)-c1cc(C)c(C)cc1O[C@@H]2O. The quantitative estimate of drug-likeness (QED) is 0.820. The van der Waals surface area contributed by atoms with E-state index in [1.807, 2.05) is 26.0 Å². The third kappa shape index (κ3) is 2.14. The van der Waals surface area contributed by atoms with Crippen molar-refractivity contribution >= 4 is 5.97 Å². The van der Waals surface area contributed by atoms with E-state index < -0.39 is 12.3 Å². The molecule has 0 radical (unpaired) electrons. The molecule has 1 aliphatic rings. The van der Waals surface area contributed by atoms with Crippen LogP contribution in [-0.2, 0) is 4.74 Å². The molecule has 5 nitrogen and oxygen atoms in total. The molecule has 0 saturated carbocycles. The van der Waals surface area contributed by atoms with Crippen molar-refractivity contribution in [1.29, 1.82) is 0 Å². The summed E-state index contributed by atoms with van der Waals surface area (Å²) in [6.45, 7) is 5.74. The first kappa shape index (κ1) is 14.5. The number of hydrogen-bond acceptors (Lipinski definition) is 5. The molecule has 0 unspecified atom stereocenters. The van der Waals surface area contributed by atoms with Crippen molar-refractivity contribution in [2.75, 3.05) is 7.11 Å². The molecule has 22 heavy (non-hydrogen) atoms. The number of aryl methyl sites for hydroxylation is 3. The van der Waals surface area contributed by atoms with Crippen molar-refractivity contribution in [2.24, 2.45) is 0 Å². The molecule has 1 aromatic carbocycles. The van der Waals surface area contributed by atoms with Crippen LogP contribution in [0.25, 0.3) is 11.3 Å². The molecule has 2 aromatic rings. The Morgan fingerprint density at radius 1 is 1.23 bits per heavy atom. The van der Waals surface area contributed by atoms with Crippen LogP contribution in [0.3, 0.4) is 0 Å². The van der Waals surface area contributed by atoms with Gasteiger partial charge in [0.25, 0.3) is 0 Å². The molecule has 1 aromatic heterocycles. The molecule has 0 amide bonds. The van der Waals surface area contributed by atoms with Gasteiger partial charge in [0, 0.05) is 11.1 Å². The van der Waals surface area contributed by atoms with Crippen LogP contribution in [-0.4, -0.2) is 23.2 Å². The van der Waals surface area contributed by atoms with E-state index in [9.17, 15) is 9.90 Å². The van der Waals surface area contributed by atoms with Crippen LogP contribution in [0.1, 0.15) is 39.0 Å². The fourth-order valence-electron chi connectivity index (χ4n) is 2.60. The lowest BCUT2D eigenvalue weighted by Gasteiger charge is -2.26. The maximum atomic E-state index is 11.8. The molecular weight excluding hydrogens is 282 g/mol. The summed E-state index contributed by atoms with van der Waals surface area (Å²) < 4.78 is 10.3. The Hall–Kier alpha value is -2.40. The highest BCUT2D eigenvalue weighted by atomic mass is 16.6. The van der Waals surface area contributed by atoms with Gasteiger partial charge in [0.2, 0.25) is 6.29 Å². The number of fused-ring (bicyclic) bond motifs is 3. The van der Waals surface area contributed by atoms with Crippen molar-refractivity contribution in [3.05, 3.63) is 46.1 Å². The minimum Gasteiger partial charge on any atom is -0.465 e. The zero-order valence-electron chi connectivity index (χ0n) is 12.9. The average Bonchev–Trinajstić information content (AvgIpc) is 2.48. The van der Waals surface area contributed by atoms with E-state index in [2.05, 4.69) is 4.98 Å². The molecule has 1 aliphatic heterocycles. The number of rotatable bonds is 1. The van der Waals surface area contributed by atoms with E-state index in [1.165, 1.54) is 7.11 Å². The molecule has 114 valence electrons. The second-order valence-corrected chi connectivity index (χ2v) is 5.45. The number of nitrogens with zero attached hydrogens (tertiary/aromatic N) is 1. The number of carbonyl (C=O) groups is 1. The zero-order chi connectivity index (χ0) is 16.0. The van der Waals surface area contributed by atoms with Crippen LogP contribution in [0.2, 0.25) is 0 Å². The normalized spacial score (nSPS) is 15.6. The van der Waals surface area contributed by atoms with Gasteiger partial charge in [-0.3, -0.25) is 4.98 Å². The van der Waals surface area contributed by atoms with Crippen LogP contribution < -0.4 is 4.74 Å². The molecule has 0 fully saturated rings. The lowest BCUT2D eigenvalue weighted by atomic mass is 9.95. The maximum Gasteiger partial charge on any atom is 0.339 e. The van der Waals surface area contributed by atoms with E-state index in [1.54, 1.807) is 13.0 Å². The van der Waals surface area contributed by atoms with E-state index in [0.29, 0.717) is 28.3 Å². The molecule has 0 spiro atoms. The Morgan fingerprint density at radius 3 is 2.59 bits per heavy atom. The van der Waals surface area contributed by atoms with Crippen molar-refractivity contribution in [2.45, 2.75) is 27.1 Å². The maximum absolute atomic E-state index is 11.8. The highest BCUT2D eigenvalue weighted by molar-refractivity contribution is 5.91. The van der Waals surface area contributed by atoms with Crippen LogP contribution in [0, 0.1) is 20.8 Å². The number of ether oxygens (including phenoxy) is 2. The molecule has 0 bridgehead atoms. The van der Waals surface area contributed by atoms with Crippen molar-refractivity contribution in [3.8, 4) is 17.0 Å². The fourth-order valence-corrected chi connectivity index (χ4v) is 2.60. The van der Waals surface area contributed by atoms with Gasteiger partial charge in [-0.05, 0) is 50.1 Å². The van der Waals surface area contributed by atoms with Gasteiger partial charge in [0.1, 0.15) is 5.75 Å². The monoisotopic (exact) mass is 299 g/mol. The van der Waals surface area contributed by atoms with Gasteiger partial charge >= 0.3 is 5.97 Å². The second-order valence-electron chi connectivity index (χ2n) is 5.45. The molecule has 1 atom stereocenters. The first-order valence-corrected chi connectivity index (χ1v) is 6.98. The summed E-state index contributed by atoms with van der Waals surface area (Å²) in [4.78, 5) is 16.3. The second kappa shape index (κ2) is 5.10. The Balaban J connectivity index is 2.25. The average molecular weight is 299 g/mol. The van der Waals surface area contributed by atoms with Crippen LogP contribution in [0.15, 0.2) is 18.2 Å². The number of aliphatic hydroxyl groups excluding tert-OH is 1. The summed E-state index contributed by atoms with van der Waals surface area (Å²) in [7, 11) is 1.32. The molecule has 2 heterocycles. The lowest BCUT2D eigenvalue weighted by molar-refractivity contribution is -0.0217. The molecule has 0 saturated heterocycles. The van der Waals surface area contributed by atoms with Gasteiger partial charge in [-0.25, -0.2) is 4.79 Å². The van der Waals surface area contributed by atoms with Crippen molar-refractivity contribution < 1.29 is 19.4 Å². The Morgan fingerprint density at radius 2 is 1.91 bits per heavy atom. The van der Waals surface area contributed by atoms with Gasteiger partial charge in [0.15, 0.2) is 0 Å². The van der Waals surface area contributed by atoms with Gasteiger partial charge in [0.05, 0.1) is 24.1 Å². The number of benzene rings is 1. The summed E-state index contributed by atoms with van der Waals surface area (Å²) in [5.74, 6) is 0.117. The molecule has 0 aliphatic carbocycles. The van der Waals surface area contributed by atoms with E-state index in [4.69, 9.17) is 9.47 Å². The number of methoxy groups -OCH3 is 1. The number of aliphatic hydroxyl groups is 1. The topological polar surface area (TPSA) is 68.7 Å². The van der Waals surface area contributed by atoms with Gasteiger partial charge in [-0.15, -0.1) is 0 Å². The van der Waals surface area contributed by atoms with Crippen LogP contribution >= 0.6 is 0 Å². The number of esters is 1. The summed E-state index contributed by atoms with van der Waals surface area (Å²) in [6, 6.07) is 5.47. The molecule has 1 N–H and O–H groups in total. The largest absolute Gasteiger partial charge is 0.465 e. The summed E-state index contributed by atoms with van der Waals surface area (Å²) in [5.41, 5.74) is 5.02. The third-order valence-electron chi connectivity index (χ3n) is 4.00. The molecular formula is C17H17NO4. The first-order chi connectivity index (χ1) is 10.4. The minimum absolute atomic E-state index is 0.330. The number of pyridine rings is 1. The third-order valence-corrected chi connectivity index (χ3v) is 4.00. The predicted octanol–water partition coefficient (Wildman–Crippen LogP) is 2.84. The Labute approximate surface area is 128 Å². The smallest absolute Gasteiger partial charge is 0.339 e. The Bertz CT molecular complexity index is 783. The minimum atomic E-state index is -1.15. The van der Waals surface area contributed by atoms with E-state index >= 15 is 0 Å². The van der Waals surface area contributed by atoms with Crippen LogP contribution in [0.4, 0.5) is 0 Å². The number of carbonyl (C=O) groups excluding carboxylic acids is 1. The van der Waals surface area contributed by atoms with E-state index in [-0.39, 0.29) is 0 Å². The van der Waals surface area contributed by atoms with Crippen LogP contribution in [0.5, 0.6) is 5.75 Å². The first-order valence-electron chi connectivity index (χ1n) is 6.98. The highest BCUT2D eigenvalue weighted by Gasteiger charge is 2.28. The number of aromatic nitrogens is 1. The number of hydrogen-bond donors (Lipinski definition) is 1.